The van der Waals surface area contributed by atoms with Crippen molar-refractivity contribution in [1.82, 2.24) is 4.98 Å². The predicted octanol–water partition coefficient (Wildman–Crippen LogP) is 4.28. The number of fused-ring (bicyclic) bond motifs is 1. The van der Waals surface area contributed by atoms with Crippen molar-refractivity contribution in [3.05, 3.63) is 28.6 Å². The SMILES string of the molecule is CCCc1nc(-c2ccc3c(c2)N(C(C)C)C(=O)C(C)O3)cs1. The van der Waals surface area contributed by atoms with Crippen LogP contribution in [0.25, 0.3) is 11.3 Å². The van der Waals surface area contributed by atoms with E-state index in [1.807, 2.05) is 36.9 Å². The van der Waals surface area contributed by atoms with Crippen LogP contribution >= 0.6 is 11.3 Å². The Morgan fingerprint density at radius 3 is 2.87 bits per heavy atom. The summed E-state index contributed by atoms with van der Waals surface area (Å²) in [7, 11) is 0. The van der Waals surface area contributed by atoms with E-state index in [0.717, 1.165) is 40.5 Å². The maximum absolute atomic E-state index is 12.5. The molecule has 0 aliphatic carbocycles. The summed E-state index contributed by atoms with van der Waals surface area (Å²) in [5, 5.41) is 3.24. The summed E-state index contributed by atoms with van der Waals surface area (Å²) in [6.45, 7) is 8.00. The molecule has 1 unspecified atom stereocenters. The lowest BCUT2D eigenvalue weighted by molar-refractivity contribution is -0.125. The Morgan fingerprint density at radius 1 is 1.39 bits per heavy atom. The van der Waals surface area contributed by atoms with Crippen molar-refractivity contribution in [2.45, 2.75) is 52.7 Å². The predicted molar refractivity (Wildman–Crippen MR) is 94.3 cm³/mol. The third-order valence-electron chi connectivity index (χ3n) is 3.94. The molecule has 4 nitrogen and oxygen atoms in total. The van der Waals surface area contributed by atoms with Gasteiger partial charge in [0, 0.05) is 17.0 Å². The van der Waals surface area contributed by atoms with Crippen molar-refractivity contribution in [1.29, 1.82) is 0 Å². The van der Waals surface area contributed by atoms with E-state index in [0.29, 0.717) is 0 Å². The van der Waals surface area contributed by atoms with Crippen LogP contribution in [0.15, 0.2) is 23.6 Å². The van der Waals surface area contributed by atoms with E-state index < -0.39 is 6.10 Å². The number of carbonyl (C=O) groups excluding carboxylic acids is 1. The molecule has 0 N–H and O–H groups in total. The van der Waals surface area contributed by atoms with Gasteiger partial charge in [0.2, 0.25) is 0 Å². The van der Waals surface area contributed by atoms with Gasteiger partial charge >= 0.3 is 0 Å². The van der Waals surface area contributed by atoms with E-state index in [4.69, 9.17) is 9.72 Å². The first-order chi connectivity index (χ1) is 11.0. The normalized spacial score (nSPS) is 17.3. The molecule has 0 saturated heterocycles. The van der Waals surface area contributed by atoms with E-state index >= 15 is 0 Å². The van der Waals surface area contributed by atoms with Crippen molar-refractivity contribution in [2.75, 3.05) is 4.90 Å². The molecule has 0 bridgehead atoms. The number of thiazole rings is 1. The second kappa shape index (κ2) is 6.32. The fourth-order valence-corrected chi connectivity index (χ4v) is 3.73. The highest BCUT2D eigenvalue weighted by Gasteiger charge is 2.33. The summed E-state index contributed by atoms with van der Waals surface area (Å²) >= 11 is 1.69. The van der Waals surface area contributed by atoms with E-state index in [1.165, 1.54) is 0 Å². The fraction of sp³-hybridized carbons (Fsp3) is 0.444. The Kier molecular flexibility index (Phi) is 4.39. The Bertz CT molecular complexity index is 724. The number of rotatable bonds is 4. The first-order valence-electron chi connectivity index (χ1n) is 8.09. The van der Waals surface area contributed by atoms with Crippen LogP contribution in [-0.4, -0.2) is 23.0 Å². The second-order valence-electron chi connectivity index (χ2n) is 6.12. The van der Waals surface area contributed by atoms with E-state index in [-0.39, 0.29) is 11.9 Å². The average Bonchev–Trinajstić information content (AvgIpc) is 2.97. The highest BCUT2D eigenvalue weighted by atomic mass is 32.1. The Morgan fingerprint density at radius 2 is 2.17 bits per heavy atom. The zero-order valence-electron chi connectivity index (χ0n) is 14.0. The van der Waals surface area contributed by atoms with Gasteiger partial charge in [0.25, 0.3) is 5.91 Å². The quantitative estimate of drug-likeness (QED) is 0.840. The van der Waals surface area contributed by atoms with Crippen LogP contribution in [0.2, 0.25) is 0 Å². The minimum absolute atomic E-state index is 0.00889. The zero-order chi connectivity index (χ0) is 16.6. The lowest BCUT2D eigenvalue weighted by Crippen LogP contribution is -2.47. The number of hydrogen-bond donors (Lipinski definition) is 0. The monoisotopic (exact) mass is 330 g/mol. The fourth-order valence-electron chi connectivity index (χ4n) is 2.82. The maximum Gasteiger partial charge on any atom is 0.268 e. The average molecular weight is 330 g/mol. The molecule has 122 valence electrons. The molecule has 2 aromatic rings. The molecule has 23 heavy (non-hydrogen) atoms. The van der Waals surface area contributed by atoms with Gasteiger partial charge in [0.1, 0.15) is 5.75 Å². The van der Waals surface area contributed by atoms with Crippen LogP contribution in [0.4, 0.5) is 5.69 Å². The topological polar surface area (TPSA) is 42.4 Å². The van der Waals surface area contributed by atoms with Gasteiger partial charge in [-0.05, 0) is 51.8 Å². The molecule has 2 heterocycles. The highest BCUT2D eigenvalue weighted by molar-refractivity contribution is 7.09. The van der Waals surface area contributed by atoms with Crippen LogP contribution in [-0.2, 0) is 11.2 Å². The van der Waals surface area contributed by atoms with Crippen LogP contribution in [0.1, 0.15) is 39.1 Å². The van der Waals surface area contributed by atoms with E-state index in [2.05, 4.69) is 12.3 Å². The zero-order valence-corrected chi connectivity index (χ0v) is 14.8. The van der Waals surface area contributed by atoms with Gasteiger partial charge in [0.15, 0.2) is 6.10 Å². The molecular formula is C18H22N2O2S. The van der Waals surface area contributed by atoms with Gasteiger partial charge < -0.3 is 9.64 Å². The standard InChI is InChI=1S/C18H22N2O2S/c1-5-6-17-19-14(10-23-17)13-7-8-16-15(9-13)20(11(2)3)18(21)12(4)22-16/h7-12H,5-6H2,1-4H3. The first kappa shape index (κ1) is 16.0. The van der Waals surface area contributed by atoms with Crippen molar-refractivity contribution >= 4 is 22.9 Å². The number of carbonyl (C=O) groups is 1. The number of aromatic nitrogens is 1. The molecule has 1 aliphatic rings. The number of amides is 1. The molecule has 0 fully saturated rings. The van der Waals surface area contributed by atoms with E-state index in [1.54, 1.807) is 18.3 Å². The van der Waals surface area contributed by atoms with Crippen LogP contribution < -0.4 is 9.64 Å². The summed E-state index contributed by atoms with van der Waals surface area (Å²) in [5.41, 5.74) is 2.83. The molecule has 0 spiro atoms. The van der Waals surface area contributed by atoms with Gasteiger partial charge in [-0.25, -0.2) is 4.98 Å². The minimum atomic E-state index is -0.439. The van der Waals surface area contributed by atoms with Crippen molar-refractivity contribution in [3.63, 3.8) is 0 Å². The molecule has 1 aromatic carbocycles. The largest absolute Gasteiger partial charge is 0.479 e. The molecular weight excluding hydrogens is 308 g/mol. The second-order valence-corrected chi connectivity index (χ2v) is 7.06. The van der Waals surface area contributed by atoms with Crippen LogP contribution in [0.3, 0.4) is 0 Å². The Balaban J connectivity index is 2.01. The highest BCUT2D eigenvalue weighted by Crippen LogP contribution is 2.38. The first-order valence-corrected chi connectivity index (χ1v) is 8.97. The molecule has 1 aliphatic heterocycles. The molecule has 5 heteroatoms. The van der Waals surface area contributed by atoms with Crippen LogP contribution in [0, 0.1) is 0 Å². The number of anilines is 1. The third kappa shape index (κ3) is 2.98. The molecule has 1 aromatic heterocycles. The van der Waals surface area contributed by atoms with Crippen molar-refractivity contribution < 1.29 is 9.53 Å². The summed E-state index contributed by atoms with van der Waals surface area (Å²) in [4.78, 5) is 19.0. The number of nitrogens with zero attached hydrogens (tertiary/aromatic N) is 2. The summed E-state index contributed by atoms with van der Waals surface area (Å²) in [5.74, 6) is 0.771. The van der Waals surface area contributed by atoms with Gasteiger partial charge in [-0.3, -0.25) is 4.79 Å². The number of ether oxygens (including phenoxy) is 1. The summed E-state index contributed by atoms with van der Waals surface area (Å²) in [6.07, 6.45) is 1.66. The van der Waals surface area contributed by atoms with Crippen LogP contribution in [0.5, 0.6) is 5.75 Å². The molecule has 1 atom stereocenters. The number of benzene rings is 1. The molecule has 0 saturated carbocycles. The van der Waals surface area contributed by atoms with Gasteiger partial charge in [0.05, 0.1) is 16.4 Å². The lowest BCUT2D eigenvalue weighted by Gasteiger charge is -2.35. The summed E-state index contributed by atoms with van der Waals surface area (Å²) in [6, 6.07) is 6.07. The number of aryl methyl sites for hydroxylation is 1. The third-order valence-corrected chi connectivity index (χ3v) is 4.84. The van der Waals surface area contributed by atoms with Gasteiger partial charge in [-0.15, -0.1) is 11.3 Å². The molecule has 1 amide bonds. The molecule has 3 rings (SSSR count). The van der Waals surface area contributed by atoms with Gasteiger partial charge in [-0.1, -0.05) is 6.92 Å². The lowest BCUT2D eigenvalue weighted by atomic mass is 10.1. The van der Waals surface area contributed by atoms with Crippen molar-refractivity contribution in [2.24, 2.45) is 0 Å². The smallest absolute Gasteiger partial charge is 0.268 e. The Hall–Kier alpha value is -1.88. The minimum Gasteiger partial charge on any atom is -0.479 e. The maximum atomic E-state index is 12.5. The molecule has 0 radical (unpaired) electrons. The summed E-state index contributed by atoms with van der Waals surface area (Å²) < 4.78 is 5.75. The Labute approximate surface area is 141 Å². The number of hydrogen-bond acceptors (Lipinski definition) is 4. The van der Waals surface area contributed by atoms with Crippen molar-refractivity contribution in [3.8, 4) is 17.0 Å². The van der Waals surface area contributed by atoms with Gasteiger partial charge in [-0.2, -0.15) is 0 Å². The van der Waals surface area contributed by atoms with E-state index in [9.17, 15) is 4.79 Å².